The van der Waals surface area contributed by atoms with E-state index in [9.17, 15) is 9.59 Å². The molecule has 2 rings (SSSR count). The van der Waals surface area contributed by atoms with Gasteiger partial charge in [-0.1, -0.05) is 25.1 Å². The molecule has 9 heteroatoms. The molecule has 0 aliphatic heterocycles. The van der Waals surface area contributed by atoms with Crippen molar-refractivity contribution in [3.63, 3.8) is 0 Å². The number of nitrogens with one attached hydrogen (secondary N) is 2. The summed E-state index contributed by atoms with van der Waals surface area (Å²) in [5, 5.41) is 11.7. The van der Waals surface area contributed by atoms with E-state index in [4.69, 9.17) is 24.2 Å². The Balaban J connectivity index is 1.93. The van der Waals surface area contributed by atoms with Crippen molar-refractivity contribution in [2.24, 2.45) is 5.92 Å². The molecule has 0 fully saturated rings. The summed E-state index contributed by atoms with van der Waals surface area (Å²) in [6.45, 7) is 2.64. The van der Waals surface area contributed by atoms with Crippen molar-refractivity contribution in [2.75, 3.05) is 33.7 Å². The van der Waals surface area contributed by atoms with Gasteiger partial charge >= 0.3 is 0 Å². The lowest BCUT2D eigenvalue weighted by atomic mass is 10.0. The summed E-state index contributed by atoms with van der Waals surface area (Å²) < 4.78 is 21.4. The Morgan fingerprint density at radius 3 is 2.31 bits per heavy atom. The molecule has 0 saturated carbocycles. The third-order valence-electron chi connectivity index (χ3n) is 4.54. The fourth-order valence-corrected chi connectivity index (χ4v) is 2.83. The van der Waals surface area contributed by atoms with Crippen LogP contribution in [-0.4, -0.2) is 56.8 Å². The molecule has 0 saturated heterocycles. The van der Waals surface area contributed by atoms with E-state index in [1.165, 1.54) is 0 Å². The van der Waals surface area contributed by atoms with Gasteiger partial charge in [0.05, 0.1) is 25.9 Å². The molecule has 32 heavy (non-hydrogen) atoms. The third kappa shape index (κ3) is 9.03. The first kappa shape index (κ1) is 25.3. The minimum absolute atomic E-state index is 0.0296. The summed E-state index contributed by atoms with van der Waals surface area (Å²) in [6.07, 6.45) is 0.269. The number of amides is 2. The van der Waals surface area contributed by atoms with Gasteiger partial charge in [0.25, 0.3) is 5.91 Å². The number of methoxy groups -OCH3 is 1. The zero-order valence-corrected chi connectivity index (χ0v) is 18.3. The highest BCUT2D eigenvalue weighted by Gasteiger charge is 2.21. The molecule has 0 unspecified atom stereocenters. The monoisotopic (exact) mass is 446 g/mol. The molecule has 0 aliphatic rings. The number of hydrogen-bond donors (Lipinski definition) is 3. The van der Waals surface area contributed by atoms with E-state index in [-0.39, 0.29) is 25.7 Å². The van der Waals surface area contributed by atoms with E-state index in [0.717, 1.165) is 0 Å². The summed E-state index contributed by atoms with van der Waals surface area (Å²) in [5.74, 6) is -0.0883. The van der Waals surface area contributed by atoms with Crippen LogP contribution in [0.15, 0.2) is 54.6 Å². The Kier molecular flexibility index (Phi) is 11.2. The Bertz CT molecular complexity index is 815. The highest BCUT2D eigenvalue weighted by atomic mass is 16.7. The maximum atomic E-state index is 12.7. The topological polar surface area (TPSA) is 115 Å². The fraction of sp³-hybridized carbons (Fsp3) is 0.391. The molecular formula is C23H30N2O7. The number of carbonyl (C=O) groups excluding carboxylic acids is 2. The Morgan fingerprint density at radius 2 is 1.66 bits per heavy atom. The molecule has 2 atom stereocenters. The Hall–Kier alpha value is -2.98. The molecule has 0 heterocycles. The van der Waals surface area contributed by atoms with Crippen LogP contribution in [-0.2, 0) is 19.0 Å². The van der Waals surface area contributed by atoms with Crippen molar-refractivity contribution < 1.29 is 33.7 Å². The number of ether oxygens (including phenoxy) is 4. The number of carbonyl (C=O) groups is 2. The standard InChI is InChI=1S/C23H30N2O7/c1-17(22(26)25-28)14-19(15-31-16-30-13-12-29-2)24-23(27)18-8-10-21(11-9-18)32-20-6-4-3-5-7-20/h3-11,17,19,28H,12-16H2,1-2H3,(H,24,27)(H,25,26)/t17-,19-/m0/s1. The number of hydroxylamine groups is 1. The van der Waals surface area contributed by atoms with Crippen molar-refractivity contribution in [1.29, 1.82) is 0 Å². The van der Waals surface area contributed by atoms with Gasteiger partial charge in [0, 0.05) is 18.6 Å². The first-order valence-electron chi connectivity index (χ1n) is 10.3. The normalized spacial score (nSPS) is 12.6. The predicted octanol–water partition coefficient (Wildman–Crippen LogP) is 2.75. The molecule has 3 N–H and O–H groups in total. The van der Waals surface area contributed by atoms with Gasteiger partial charge in [0.1, 0.15) is 18.3 Å². The van der Waals surface area contributed by atoms with Crippen LogP contribution >= 0.6 is 0 Å². The van der Waals surface area contributed by atoms with Gasteiger partial charge < -0.3 is 24.3 Å². The minimum Gasteiger partial charge on any atom is -0.457 e. The largest absolute Gasteiger partial charge is 0.457 e. The molecular weight excluding hydrogens is 416 g/mol. The summed E-state index contributed by atoms with van der Waals surface area (Å²) in [5.41, 5.74) is 2.06. The molecule has 2 aromatic rings. The number of para-hydroxylation sites is 1. The first-order chi connectivity index (χ1) is 15.5. The lowest BCUT2D eigenvalue weighted by Crippen LogP contribution is -2.41. The highest BCUT2D eigenvalue weighted by Crippen LogP contribution is 2.21. The van der Waals surface area contributed by atoms with Crippen LogP contribution < -0.4 is 15.5 Å². The fourth-order valence-electron chi connectivity index (χ4n) is 2.83. The average molecular weight is 447 g/mol. The van der Waals surface area contributed by atoms with Crippen LogP contribution in [0.4, 0.5) is 0 Å². The number of hydrogen-bond acceptors (Lipinski definition) is 7. The van der Waals surface area contributed by atoms with E-state index >= 15 is 0 Å². The van der Waals surface area contributed by atoms with Crippen LogP contribution in [0.1, 0.15) is 23.7 Å². The van der Waals surface area contributed by atoms with Gasteiger partial charge in [0.15, 0.2) is 0 Å². The highest BCUT2D eigenvalue weighted by molar-refractivity contribution is 5.94. The maximum Gasteiger partial charge on any atom is 0.251 e. The maximum absolute atomic E-state index is 12.7. The van der Waals surface area contributed by atoms with Crippen molar-refractivity contribution in [3.8, 4) is 11.5 Å². The molecule has 0 radical (unpaired) electrons. The predicted molar refractivity (Wildman–Crippen MR) is 117 cm³/mol. The summed E-state index contributed by atoms with van der Waals surface area (Å²) in [6, 6.07) is 15.6. The molecule has 0 aliphatic carbocycles. The second-order valence-electron chi connectivity index (χ2n) is 7.11. The van der Waals surface area contributed by atoms with Gasteiger partial charge in [-0.15, -0.1) is 0 Å². The number of benzene rings is 2. The van der Waals surface area contributed by atoms with E-state index in [1.54, 1.807) is 43.8 Å². The average Bonchev–Trinajstić information content (AvgIpc) is 2.81. The van der Waals surface area contributed by atoms with E-state index in [1.807, 2.05) is 30.3 Å². The van der Waals surface area contributed by atoms with Crippen molar-refractivity contribution in [1.82, 2.24) is 10.8 Å². The molecule has 0 spiro atoms. The minimum atomic E-state index is -0.539. The smallest absolute Gasteiger partial charge is 0.251 e. The quantitative estimate of drug-likeness (QED) is 0.177. The second-order valence-corrected chi connectivity index (χ2v) is 7.11. The SMILES string of the molecule is COCCOCOC[C@H](C[C@H](C)C(=O)NO)NC(=O)c1ccc(Oc2ccccc2)cc1. The van der Waals surface area contributed by atoms with Crippen LogP contribution in [0.25, 0.3) is 0 Å². The molecule has 0 bridgehead atoms. The molecule has 2 aromatic carbocycles. The molecule has 2 amide bonds. The lowest BCUT2D eigenvalue weighted by Gasteiger charge is -2.21. The van der Waals surface area contributed by atoms with E-state index in [2.05, 4.69) is 5.32 Å². The summed E-state index contributed by atoms with van der Waals surface area (Å²) in [4.78, 5) is 24.4. The van der Waals surface area contributed by atoms with Crippen LogP contribution in [0, 0.1) is 5.92 Å². The Morgan fingerprint density at radius 1 is 0.969 bits per heavy atom. The zero-order valence-electron chi connectivity index (χ0n) is 18.3. The van der Waals surface area contributed by atoms with Gasteiger partial charge in [-0.3, -0.25) is 14.8 Å². The Labute approximate surface area is 187 Å². The van der Waals surface area contributed by atoms with Crippen LogP contribution in [0.2, 0.25) is 0 Å². The van der Waals surface area contributed by atoms with Gasteiger partial charge in [-0.2, -0.15) is 0 Å². The van der Waals surface area contributed by atoms with Gasteiger partial charge in [-0.05, 0) is 42.8 Å². The third-order valence-corrected chi connectivity index (χ3v) is 4.54. The van der Waals surface area contributed by atoms with E-state index in [0.29, 0.717) is 30.3 Å². The second kappa shape index (κ2) is 14.2. The number of rotatable bonds is 14. The molecule has 0 aromatic heterocycles. The van der Waals surface area contributed by atoms with Gasteiger partial charge in [0.2, 0.25) is 5.91 Å². The van der Waals surface area contributed by atoms with Crippen molar-refractivity contribution >= 4 is 11.8 Å². The van der Waals surface area contributed by atoms with Crippen LogP contribution in [0.3, 0.4) is 0 Å². The van der Waals surface area contributed by atoms with Crippen LogP contribution in [0.5, 0.6) is 11.5 Å². The van der Waals surface area contributed by atoms with Gasteiger partial charge in [-0.25, -0.2) is 5.48 Å². The van der Waals surface area contributed by atoms with Crippen molar-refractivity contribution in [3.05, 3.63) is 60.2 Å². The zero-order chi connectivity index (χ0) is 23.2. The molecule has 174 valence electrons. The first-order valence-corrected chi connectivity index (χ1v) is 10.3. The van der Waals surface area contributed by atoms with E-state index < -0.39 is 17.9 Å². The lowest BCUT2D eigenvalue weighted by molar-refractivity contribution is -0.133. The summed E-state index contributed by atoms with van der Waals surface area (Å²) >= 11 is 0. The molecule has 9 nitrogen and oxygen atoms in total. The summed E-state index contributed by atoms with van der Waals surface area (Å²) in [7, 11) is 1.57. The van der Waals surface area contributed by atoms with Crippen molar-refractivity contribution in [2.45, 2.75) is 19.4 Å².